The third-order valence-electron chi connectivity index (χ3n) is 1.55. The molecule has 0 saturated heterocycles. The molecule has 66 valence electrons. The van der Waals surface area contributed by atoms with Gasteiger partial charge >= 0.3 is 0 Å². The molecule has 3 N–H and O–H groups in total. The predicted molar refractivity (Wildman–Crippen MR) is 48.4 cm³/mol. The number of rotatable bonds is 1. The lowest BCUT2D eigenvalue weighted by molar-refractivity contribution is 0.422. The summed E-state index contributed by atoms with van der Waals surface area (Å²) in [4.78, 5) is 0. The fourth-order valence-corrected chi connectivity index (χ4v) is 1.38. The largest absolute Gasteiger partial charge is 0.505 e. The lowest BCUT2D eigenvalue weighted by Crippen LogP contribution is -2.05. The second kappa shape index (κ2) is 3.41. The first-order valence-corrected chi connectivity index (χ1v) is 4.25. The van der Waals surface area contributed by atoms with Crippen molar-refractivity contribution in [2.24, 2.45) is 5.73 Å². The van der Waals surface area contributed by atoms with Gasteiger partial charge in [0.15, 0.2) is 11.6 Å². The van der Waals surface area contributed by atoms with Crippen LogP contribution in [0.4, 0.5) is 4.39 Å². The Labute approximate surface area is 78.3 Å². The summed E-state index contributed by atoms with van der Waals surface area (Å²) in [6.07, 6.45) is 0. The summed E-state index contributed by atoms with van der Waals surface area (Å²) in [6, 6.07) is 2.42. The molecule has 0 spiro atoms. The molecule has 0 aromatic heterocycles. The van der Waals surface area contributed by atoms with E-state index in [4.69, 9.17) is 5.73 Å². The molecular weight excluding hydrogens is 225 g/mol. The molecule has 1 aromatic carbocycles. The highest BCUT2D eigenvalue weighted by Gasteiger charge is 2.11. The van der Waals surface area contributed by atoms with Crippen molar-refractivity contribution < 1.29 is 9.50 Å². The standard InChI is InChI=1S/C8H9BrFNO/c1-4(11)6-2-5(9)3-7(10)8(6)12/h2-4,12H,11H2,1H3/t4-/m0/s1. The highest BCUT2D eigenvalue weighted by atomic mass is 79.9. The third kappa shape index (κ3) is 1.76. The van der Waals surface area contributed by atoms with Crippen molar-refractivity contribution in [3.63, 3.8) is 0 Å². The summed E-state index contributed by atoms with van der Waals surface area (Å²) >= 11 is 3.11. The Morgan fingerprint density at radius 2 is 2.17 bits per heavy atom. The lowest BCUT2D eigenvalue weighted by atomic mass is 10.1. The van der Waals surface area contributed by atoms with Gasteiger partial charge in [0, 0.05) is 16.1 Å². The summed E-state index contributed by atoms with van der Waals surface area (Å²) < 4.78 is 13.4. The minimum atomic E-state index is -0.656. The smallest absolute Gasteiger partial charge is 0.166 e. The zero-order valence-corrected chi connectivity index (χ0v) is 8.10. The van der Waals surface area contributed by atoms with Gasteiger partial charge in [-0.15, -0.1) is 0 Å². The van der Waals surface area contributed by atoms with Crippen LogP contribution in [0.3, 0.4) is 0 Å². The molecule has 0 aliphatic carbocycles. The van der Waals surface area contributed by atoms with E-state index in [1.165, 1.54) is 6.07 Å². The van der Waals surface area contributed by atoms with Crippen LogP contribution in [0.25, 0.3) is 0 Å². The number of halogens is 2. The van der Waals surface area contributed by atoms with E-state index in [1.807, 2.05) is 0 Å². The number of phenolic OH excluding ortho intramolecular Hbond substituents is 1. The highest BCUT2D eigenvalue weighted by molar-refractivity contribution is 9.10. The van der Waals surface area contributed by atoms with E-state index in [0.29, 0.717) is 10.0 Å². The molecule has 1 rings (SSSR count). The molecule has 1 atom stereocenters. The molecule has 0 bridgehead atoms. The maximum Gasteiger partial charge on any atom is 0.166 e. The first-order chi connectivity index (χ1) is 5.52. The quantitative estimate of drug-likeness (QED) is 0.783. The Kier molecular flexibility index (Phi) is 2.69. The summed E-state index contributed by atoms with van der Waals surface area (Å²) in [6.45, 7) is 1.68. The zero-order valence-electron chi connectivity index (χ0n) is 6.51. The van der Waals surface area contributed by atoms with E-state index in [9.17, 15) is 9.50 Å². The van der Waals surface area contributed by atoms with Gasteiger partial charge in [-0.05, 0) is 19.1 Å². The maximum atomic E-state index is 12.9. The second-order valence-corrected chi connectivity index (χ2v) is 3.53. The van der Waals surface area contributed by atoms with E-state index in [2.05, 4.69) is 15.9 Å². The zero-order chi connectivity index (χ0) is 9.30. The van der Waals surface area contributed by atoms with Gasteiger partial charge < -0.3 is 10.8 Å². The summed E-state index contributed by atoms with van der Waals surface area (Å²) in [5.41, 5.74) is 5.91. The van der Waals surface area contributed by atoms with Crippen LogP contribution in [0, 0.1) is 5.82 Å². The fraction of sp³-hybridized carbons (Fsp3) is 0.250. The van der Waals surface area contributed by atoms with Crippen LogP contribution in [0.1, 0.15) is 18.5 Å². The van der Waals surface area contributed by atoms with Crippen LogP contribution >= 0.6 is 15.9 Å². The summed E-state index contributed by atoms with van der Waals surface area (Å²) in [5, 5.41) is 9.22. The van der Waals surface area contributed by atoms with E-state index in [1.54, 1.807) is 13.0 Å². The minimum absolute atomic E-state index is 0.367. The average Bonchev–Trinajstić information content (AvgIpc) is 1.96. The normalized spacial score (nSPS) is 13.0. The molecule has 0 amide bonds. The van der Waals surface area contributed by atoms with Crippen LogP contribution in [0.15, 0.2) is 16.6 Å². The molecule has 1 aromatic rings. The van der Waals surface area contributed by atoms with Gasteiger partial charge in [-0.25, -0.2) is 4.39 Å². The Hall–Kier alpha value is -0.610. The van der Waals surface area contributed by atoms with Crippen LogP contribution < -0.4 is 5.73 Å². The van der Waals surface area contributed by atoms with Gasteiger partial charge in [-0.1, -0.05) is 15.9 Å². The molecule has 0 aliphatic heterocycles. The molecule has 0 unspecified atom stereocenters. The van der Waals surface area contributed by atoms with Crippen LogP contribution in [-0.4, -0.2) is 5.11 Å². The van der Waals surface area contributed by atoms with Gasteiger partial charge in [0.2, 0.25) is 0 Å². The SMILES string of the molecule is C[C@H](N)c1cc(Br)cc(F)c1O. The van der Waals surface area contributed by atoms with Crippen molar-refractivity contribution in [1.29, 1.82) is 0 Å². The molecule has 0 heterocycles. The van der Waals surface area contributed by atoms with Gasteiger partial charge in [0.1, 0.15) is 0 Å². The van der Waals surface area contributed by atoms with Crippen LogP contribution in [-0.2, 0) is 0 Å². The summed E-state index contributed by atoms with van der Waals surface area (Å²) in [5.74, 6) is -1.02. The number of phenols is 1. The molecule has 0 aliphatic rings. The monoisotopic (exact) mass is 233 g/mol. The lowest BCUT2D eigenvalue weighted by Gasteiger charge is -2.09. The van der Waals surface area contributed by atoms with Gasteiger partial charge in [-0.3, -0.25) is 0 Å². The van der Waals surface area contributed by atoms with Gasteiger partial charge in [-0.2, -0.15) is 0 Å². The highest BCUT2D eigenvalue weighted by Crippen LogP contribution is 2.29. The number of aromatic hydroxyl groups is 1. The van der Waals surface area contributed by atoms with Gasteiger partial charge in [0.05, 0.1) is 0 Å². The number of hydrogen-bond acceptors (Lipinski definition) is 2. The van der Waals surface area contributed by atoms with Crippen molar-refractivity contribution in [2.75, 3.05) is 0 Å². The first kappa shape index (κ1) is 9.48. The Morgan fingerprint density at radius 1 is 1.58 bits per heavy atom. The Morgan fingerprint density at radius 3 is 2.67 bits per heavy atom. The summed E-state index contributed by atoms with van der Waals surface area (Å²) in [7, 11) is 0. The molecular formula is C8H9BrFNO. The Bertz CT molecular complexity index is 301. The number of hydrogen-bond donors (Lipinski definition) is 2. The van der Waals surface area contributed by atoms with Gasteiger partial charge in [0.25, 0.3) is 0 Å². The molecule has 0 radical (unpaired) electrons. The number of nitrogens with two attached hydrogens (primary N) is 1. The Balaban J connectivity index is 3.28. The molecule has 12 heavy (non-hydrogen) atoms. The first-order valence-electron chi connectivity index (χ1n) is 3.46. The fourth-order valence-electron chi connectivity index (χ4n) is 0.933. The molecule has 2 nitrogen and oxygen atoms in total. The van der Waals surface area contributed by atoms with E-state index < -0.39 is 5.82 Å². The predicted octanol–water partition coefficient (Wildman–Crippen LogP) is 2.31. The van der Waals surface area contributed by atoms with Crippen molar-refractivity contribution >= 4 is 15.9 Å². The maximum absolute atomic E-state index is 12.9. The number of benzene rings is 1. The molecule has 0 saturated carbocycles. The van der Waals surface area contributed by atoms with Crippen LogP contribution in [0.2, 0.25) is 0 Å². The van der Waals surface area contributed by atoms with E-state index in [0.717, 1.165) is 0 Å². The topological polar surface area (TPSA) is 46.2 Å². The van der Waals surface area contributed by atoms with Crippen molar-refractivity contribution in [3.05, 3.63) is 28.0 Å². The van der Waals surface area contributed by atoms with E-state index in [-0.39, 0.29) is 11.8 Å². The van der Waals surface area contributed by atoms with Crippen LogP contribution in [0.5, 0.6) is 5.75 Å². The molecule has 4 heteroatoms. The minimum Gasteiger partial charge on any atom is -0.505 e. The average molecular weight is 234 g/mol. The van der Waals surface area contributed by atoms with Crippen molar-refractivity contribution in [3.8, 4) is 5.75 Å². The van der Waals surface area contributed by atoms with E-state index >= 15 is 0 Å². The molecule has 0 fully saturated rings. The van der Waals surface area contributed by atoms with Crippen molar-refractivity contribution in [2.45, 2.75) is 13.0 Å². The van der Waals surface area contributed by atoms with Crippen molar-refractivity contribution in [1.82, 2.24) is 0 Å². The third-order valence-corrected chi connectivity index (χ3v) is 2.01. The second-order valence-electron chi connectivity index (χ2n) is 2.61.